The molecular weight excluding hydrogens is 240 g/mol. The van der Waals surface area contributed by atoms with Crippen molar-refractivity contribution in [3.8, 4) is 0 Å². The number of para-hydroxylation sites is 1. The lowest BCUT2D eigenvalue weighted by atomic mass is 10.0. The molecule has 3 N–H and O–H groups in total. The summed E-state index contributed by atoms with van der Waals surface area (Å²) in [6.07, 6.45) is 1.35. The molecule has 1 atom stereocenters. The van der Waals surface area contributed by atoms with Gasteiger partial charge in [0.2, 0.25) is 0 Å². The lowest BCUT2D eigenvalue weighted by Crippen LogP contribution is -2.25. The maximum Gasteiger partial charge on any atom is 0.303 e. The first-order valence-electron chi connectivity index (χ1n) is 6.51. The molecule has 19 heavy (non-hydrogen) atoms. The van der Waals surface area contributed by atoms with E-state index in [0.29, 0.717) is 12.8 Å². The number of nitrogens with two attached hydrogens (primary N) is 1. The Balaban J connectivity index is 2.23. The van der Waals surface area contributed by atoms with Crippen LogP contribution in [-0.2, 0) is 18.3 Å². The number of rotatable bonds is 5. The van der Waals surface area contributed by atoms with E-state index in [9.17, 15) is 4.79 Å². The third-order valence-electron chi connectivity index (χ3n) is 3.69. The van der Waals surface area contributed by atoms with Crippen LogP contribution in [0, 0.1) is 6.92 Å². The Hall–Kier alpha value is -1.81. The van der Waals surface area contributed by atoms with Crippen LogP contribution in [0.5, 0.6) is 0 Å². The van der Waals surface area contributed by atoms with Gasteiger partial charge in [-0.1, -0.05) is 18.2 Å². The third-order valence-corrected chi connectivity index (χ3v) is 3.69. The number of aromatic nitrogens is 1. The lowest BCUT2D eigenvalue weighted by molar-refractivity contribution is -0.137. The number of nitrogens with zero attached hydrogens (tertiary/aromatic N) is 1. The van der Waals surface area contributed by atoms with Crippen LogP contribution in [0.3, 0.4) is 0 Å². The van der Waals surface area contributed by atoms with Gasteiger partial charge in [-0.15, -0.1) is 0 Å². The number of carboxylic acid groups (broad SMARTS) is 1. The smallest absolute Gasteiger partial charge is 0.303 e. The quantitative estimate of drug-likeness (QED) is 0.866. The topological polar surface area (TPSA) is 68.2 Å². The first-order chi connectivity index (χ1) is 9.00. The van der Waals surface area contributed by atoms with Crippen molar-refractivity contribution in [2.24, 2.45) is 12.8 Å². The molecule has 0 aliphatic heterocycles. The minimum Gasteiger partial charge on any atom is -0.481 e. The molecule has 4 heteroatoms. The van der Waals surface area contributed by atoms with Gasteiger partial charge in [-0.3, -0.25) is 4.79 Å². The summed E-state index contributed by atoms with van der Waals surface area (Å²) in [6.45, 7) is 2.10. The van der Waals surface area contributed by atoms with Gasteiger partial charge in [-0.25, -0.2) is 0 Å². The van der Waals surface area contributed by atoms with Crippen LogP contribution in [0.4, 0.5) is 0 Å². The number of carboxylic acids is 1. The summed E-state index contributed by atoms with van der Waals surface area (Å²) in [4.78, 5) is 10.6. The highest BCUT2D eigenvalue weighted by atomic mass is 16.4. The molecule has 2 aromatic rings. The molecule has 1 aromatic heterocycles. The van der Waals surface area contributed by atoms with Crippen LogP contribution < -0.4 is 5.73 Å². The summed E-state index contributed by atoms with van der Waals surface area (Å²) in [5.41, 5.74) is 9.67. The van der Waals surface area contributed by atoms with Crippen molar-refractivity contribution >= 4 is 16.9 Å². The predicted octanol–water partition coefficient (Wildman–Crippen LogP) is 2.22. The second-order valence-corrected chi connectivity index (χ2v) is 5.04. The predicted molar refractivity (Wildman–Crippen MR) is 76.2 cm³/mol. The number of fused-ring (bicyclic) bond motifs is 1. The Labute approximate surface area is 112 Å². The molecular formula is C15H20N2O2. The fourth-order valence-electron chi connectivity index (χ4n) is 2.58. The molecule has 0 bridgehead atoms. The summed E-state index contributed by atoms with van der Waals surface area (Å²) < 4.78 is 2.16. The largest absolute Gasteiger partial charge is 0.481 e. The molecule has 0 radical (unpaired) electrons. The van der Waals surface area contributed by atoms with E-state index in [-0.39, 0.29) is 12.5 Å². The molecule has 0 aliphatic rings. The van der Waals surface area contributed by atoms with Gasteiger partial charge in [-0.05, 0) is 25.0 Å². The molecule has 0 fully saturated rings. The van der Waals surface area contributed by atoms with Gasteiger partial charge >= 0.3 is 5.97 Å². The van der Waals surface area contributed by atoms with Crippen molar-refractivity contribution in [3.63, 3.8) is 0 Å². The Morgan fingerprint density at radius 3 is 2.74 bits per heavy atom. The van der Waals surface area contributed by atoms with Crippen LogP contribution in [-0.4, -0.2) is 21.7 Å². The van der Waals surface area contributed by atoms with Crippen molar-refractivity contribution in [3.05, 3.63) is 35.5 Å². The van der Waals surface area contributed by atoms with Crippen molar-refractivity contribution in [1.29, 1.82) is 0 Å². The fraction of sp³-hybridized carbons (Fsp3) is 0.400. The molecule has 0 amide bonds. The van der Waals surface area contributed by atoms with Crippen molar-refractivity contribution < 1.29 is 9.90 Å². The molecule has 0 saturated carbocycles. The Kier molecular flexibility index (Phi) is 3.90. The molecule has 0 spiro atoms. The van der Waals surface area contributed by atoms with Gasteiger partial charge in [0.1, 0.15) is 0 Å². The highest BCUT2D eigenvalue weighted by Crippen LogP contribution is 2.25. The normalized spacial score (nSPS) is 12.8. The van der Waals surface area contributed by atoms with Gasteiger partial charge in [0.05, 0.1) is 0 Å². The third kappa shape index (κ3) is 2.79. The molecule has 2 rings (SSSR count). The van der Waals surface area contributed by atoms with Crippen molar-refractivity contribution in [2.45, 2.75) is 32.2 Å². The van der Waals surface area contributed by atoms with Crippen LogP contribution in [0.25, 0.3) is 10.9 Å². The standard InChI is InChI=1S/C15H20N2O2/c1-10-12-5-3-4-6-13(12)17(2)14(10)9-11(16)7-8-15(18)19/h3-6,11H,7-9,16H2,1-2H3,(H,18,19). The van der Waals surface area contributed by atoms with E-state index in [2.05, 4.69) is 23.6 Å². The number of benzene rings is 1. The molecule has 4 nitrogen and oxygen atoms in total. The van der Waals surface area contributed by atoms with Gasteiger partial charge in [0.15, 0.2) is 0 Å². The molecule has 0 aliphatic carbocycles. The van der Waals surface area contributed by atoms with Gasteiger partial charge in [0.25, 0.3) is 0 Å². The minimum absolute atomic E-state index is 0.113. The molecule has 102 valence electrons. The summed E-state index contributed by atoms with van der Waals surface area (Å²) in [7, 11) is 2.04. The van der Waals surface area contributed by atoms with Crippen LogP contribution in [0.2, 0.25) is 0 Å². The summed E-state index contributed by atoms with van der Waals surface area (Å²) in [5.74, 6) is -0.788. The van der Waals surface area contributed by atoms with E-state index in [1.165, 1.54) is 22.2 Å². The van der Waals surface area contributed by atoms with E-state index in [4.69, 9.17) is 10.8 Å². The van der Waals surface area contributed by atoms with Crippen LogP contribution >= 0.6 is 0 Å². The average Bonchev–Trinajstić information content (AvgIpc) is 2.62. The van der Waals surface area contributed by atoms with E-state index in [0.717, 1.165) is 0 Å². The van der Waals surface area contributed by atoms with Crippen molar-refractivity contribution in [1.82, 2.24) is 4.57 Å². The summed E-state index contributed by atoms with van der Waals surface area (Å²) in [5, 5.41) is 9.93. The monoisotopic (exact) mass is 260 g/mol. The first-order valence-corrected chi connectivity index (χ1v) is 6.51. The zero-order chi connectivity index (χ0) is 14.0. The second kappa shape index (κ2) is 5.45. The maximum atomic E-state index is 10.6. The van der Waals surface area contributed by atoms with Crippen LogP contribution in [0.1, 0.15) is 24.1 Å². The number of hydrogen-bond donors (Lipinski definition) is 2. The zero-order valence-electron chi connectivity index (χ0n) is 11.4. The molecule has 1 unspecified atom stereocenters. The maximum absolute atomic E-state index is 10.6. The Bertz CT molecular complexity index is 562. The van der Waals surface area contributed by atoms with E-state index >= 15 is 0 Å². The molecule has 1 aromatic carbocycles. The van der Waals surface area contributed by atoms with Gasteiger partial charge < -0.3 is 15.4 Å². The Morgan fingerprint density at radius 2 is 2.11 bits per heavy atom. The summed E-state index contributed by atoms with van der Waals surface area (Å²) in [6, 6.07) is 8.14. The first kappa shape index (κ1) is 13.6. The van der Waals surface area contributed by atoms with E-state index in [1.807, 2.05) is 19.2 Å². The molecule has 1 heterocycles. The van der Waals surface area contributed by atoms with E-state index < -0.39 is 5.97 Å². The minimum atomic E-state index is -0.788. The number of carbonyl (C=O) groups is 1. The van der Waals surface area contributed by atoms with Crippen molar-refractivity contribution in [2.75, 3.05) is 0 Å². The number of aryl methyl sites for hydroxylation is 2. The SMILES string of the molecule is Cc1c(CC(N)CCC(=O)O)n(C)c2ccccc12. The average molecular weight is 260 g/mol. The zero-order valence-corrected chi connectivity index (χ0v) is 11.4. The van der Waals surface area contributed by atoms with E-state index in [1.54, 1.807) is 0 Å². The fourth-order valence-corrected chi connectivity index (χ4v) is 2.58. The highest BCUT2D eigenvalue weighted by molar-refractivity contribution is 5.85. The van der Waals surface area contributed by atoms with Gasteiger partial charge in [-0.2, -0.15) is 0 Å². The number of aliphatic carboxylic acids is 1. The Morgan fingerprint density at radius 1 is 1.42 bits per heavy atom. The lowest BCUT2D eigenvalue weighted by Gasteiger charge is -2.12. The number of hydrogen-bond acceptors (Lipinski definition) is 2. The highest BCUT2D eigenvalue weighted by Gasteiger charge is 2.14. The summed E-state index contributed by atoms with van der Waals surface area (Å²) >= 11 is 0. The molecule has 0 saturated heterocycles. The van der Waals surface area contributed by atoms with Gasteiger partial charge in [0, 0.05) is 42.5 Å². The van der Waals surface area contributed by atoms with Crippen LogP contribution in [0.15, 0.2) is 24.3 Å². The second-order valence-electron chi connectivity index (χ2n) is 5.04.